The second-order valence-electron chi connectivity index (χ2n) is 2.80. The van der Waals surface area contributed by atoms with Gasteiger partial charge in [0.05, 0.1) is 5.56 Å². The minimum atomic E-state index is -5.08. The highest BCUT2D eigenvalue weighted by atomic mass is 19.4. The molecule has 0 fully saturated rings. The molecule has 1 N–H and O–H groups in total. The molecule has 0 atom stereocenters. The highest BCUT2D eigenvalue weighted by molar-refractivity contribution is 5.77. The van der Waals surface area contributed by atoms with Gasteiger partial charge >= 0.3 is 18.1 Å². The number of carbonyl (C=O) groups is 1. The van der Waals surface area contributed by atoms with Crippen LogP contribution in [0, 0.1) is 0 Å². The highest BCUT2D eigenvalue weighted by Crippen LogP contribution is 2.38. The Balaban J connectivity index is 3.41. The summed E-state index contributed by atoms with van der Waals surface area (Å²) < 4.78 is 62.7. The summed E-state index contributed by atoms with van der Waals surface area (Å²) in [6.07, 6.45) is -4.25. The molecule has 1 rings (SSSR count). The van der Waals surface area contributed by atoms with E-state index in [1.54, 1.807) is 0 Å². The molecule has 0 saturated heterocycles. The Morgan fingerprint density at radius 1 is 1.19 bits per heavy atom. The normalized spacial score (nSPS) is 12.6. The Kier molecular flexibility index (Phi) is 2.85. The van der Waals surface area contributed by atoms with Gasteiger partial charge in [0.1, 0.15) is 0 Å². The maximum absolute atomic E-state index is 12.9. The molecular weight excluding hydrogens is 237 g/mol. The number of carboxylic acid groups (broad SMARTS) is 1. The number of rotatable bonds is 2. The van der Waals surface area contributed by atoms with Gasteiger partial charge < -0.3 is 5.11 Å². The first-order valence-corrected chi connectivity index (χ1v) is 3.80. The zero-order valence-electron chi connectivity index (χ0n) is 7.42. The van der Waals surface area contributed by atoms with E-state index in [0.717, 1.165) is 0 Å². The molecule has 0 spiro atoms. The minimum Gasteiger partial charge on any atom is -0.477 e. The summed E-state index contributed by atoms with van der Waals surface area (Å²) in [6, 6.07) is 0.330. The number of nitrogens with zero attached hydrogens (tertiary/aromatic N) is 1. The Morgan fingerprint density at radius 2 is 1.75 bits per heavy atom. The van der Waals surface area contributed by atoms with Crippen molar-refractivity contribution in [3.8, 4) is 0 Å². The fourth-order valence-corrected chi connectivity index (χ4v) is 1.01. The molecule has 1 heterocycles. The second kappa shape index (κ2) is 3.69. The molecule has 0 amide bonds. The molecule has 0 radical (unpaired) electrons. The van der Waals surface area contributed by atoms with Crippen LogP contribution in [0.3, 0.4) is 0 Å². The molecule has 0 bridgehead atoms. The largest absolute Gasteiger partial charge is 0.477 e. The van der Waals surface area contributed by atoms with Crippen LogP contribution in [0.25, 0.3) is 0 Å². The monoisotopic (exact) mass is 241 g/mol. The molecule has 3 nitrogen and oxygen atoms in total. The number of pyridine rings is 1. The van der Waals surface area contributed by atoms with Crippen molar-refractivity contribution in [2.24, 2.45) is 0 Å². The molecule has 8 heteroatoms. The minimum absolute atomic E-state index is 0.159. The number of aliphatic carboxylic acids is 1. The maximum atomic E-state index is 12.9. The molecule has 88 valence electrons. The molecule has 16 heavy (non-hydrogen) atoms. The molecule has 1 aromatic rings. The quantitative estimate of drug-likeness (QED) is 0.808. The van der Waals surface area contributed by atoms with Crippen molar-refractivity contribution in [3.05, 3.63) is 29.6 Å². The fourth-order valence-electron chi connectivity index (χ4n) is 1.01. The number of hydrogen-bond acceptors (Lipinski definition) is 2. The molecular formula is C8H4F5NO2. The van der Waals surface area contributed by atoms with E-state index in [1.165, 1.54) is 0 Å². The van der Waals surface area contributed by atoms with Crippen molar-refractivity contribution in [2.75, 3.05) is 0 Å². The van der Waals surface area contributed by atoms with Crippen LogP contribution >= 0.6 is 0 Å². The van der Waals surface area contributed by atoms with Crippen molar-refractivity contribution in [2.45, 2.75) is 12.1 Å². The highest BCUT2D eigenvalue weighted by Gasteiger charge is 2.48. The average Bonchev–Trinajstić information content (AvgIpc) is 2.16. The van der Waals surface area contributed by atoms with Crippen molar-refractivity contribution in [3.63, 3.8) is 0 Å². The third kappa shape index (κ3) is 2.10. The average molecular weight is 241 g/mol. The summed E-state index contributed by atoms with van der Waals surface area (Å²) in [4.78, 5) is 13.2. The Bertz CT molecular complexity index is 415. The van der Waals surface area contributed by atoms with Crippen molar-refractivity contribution >= 4 is 5.97 Å². The summed E-state index contributed by atoms with van der Waals surface area (Å²) in [5, 5.41) is 8.15. The van der Waals surface area contributed by atoms with E-state index in [2.05, 4.69) is 4.98 Å². The zero-order valence-corrected chi connectivity index (χ0v) is 7.42. The van der Waals surface area contributed by atoms with E-state index < -0.39 is 29.2 Å². The summed E-state index contributed by atoms with van der Waals surface area (Å²) in [6.45, 7) is 0. The lowest BCUT2D eigenvalue weighted by molar-refractivity contribution is -0.169. The van der Waals surface area contributed by atoms with Gasteiger partial charge in [-0.3, -0.25) is 4.98 Å². The molecule has 0 aliphatic carbocycles. The van der Waals surface area contributed by atoms with Gasteiger partial charge in [-0.15, -0.1) is 0 Å². The van der Waals surface area contributed by atoms with E-state index in [9.17, 15) is 26.7 Å². The van der Waals surface area contributed by atoms with Crippen molar-refractivity contribution < 1.29 is 31.9 Å². The van der Waals surface area contributed by atoms with Crippen molar-refractivity contribution in [1.82, 2.24) is 4.98 Å². The summed E-state index contributed by atoms with van der Waals surface area (Å²) in [5.74, 6) is -7.25. The second-order valence-corrected chi connectivity index (χ2v) is 2.80. The van der Waals surface area contributed by atoms with Crippen LogP contribution in [-0.2, 0) is 16.9 Å². The van der Waals surface area contributed by atoms with E-state index in [1.807, 2.05) is 0 Å². The Hall–Kier alpha value is -1.73. The summed E-state index contributed by atoms with van der Waals surface area (Å²) in [7, 11) is 0. The van der Waals surface area contributed by atoms with Crippen LogP contribution in [0.15, 0.2) is 18.5 Å². The van der Waals surface area contributed by atoms with Gasteiger partial charge in [0.25, 0.3) is 0 Å². The number of halogens is 5. The van der Waals surface area contributed by atoms with Gasteiger partial charge in [0.15, 0.2) is 0 Å². The lowest BCUT2D eigenvalue weighted by atomic mass is 10.0. The first-order chi connectivity index (χ1) is 7.17. The van der Waals surface area contributed by atoms with Gasteiger partial charge in [0.2, 0.25) is 0 Å². The maximum Gasteiger partial charge on any atom is 0.418 e. The van der Waals surface area contributed by atoms with Crippen LogP contribution < -0.4 is 0 Å². The molecule has 0 aliphatic rings. The lowest BCUT2D eigenvalue weighted by Crippen LogP contribution is -2.28. The SMILES string of the molecule is O=C(O)C(F)(F)c1ccncc1C(F)(F)F. The molecule has 0 aromatic carbocycles. The number of hydrogen-bond donors (Lipinski definition) is 1. The molecule has 1 aromatic heterocycles. The Morgan fingerprint density at radius 3 is 2.19 bits per heavy atom. The summed E-state index contributed by atoms with van der Waals surface area (Å²) in [5.41, 5.74) is -3.38. The zero-order chi connectivity index (χ0) is 12.6. The van der Waals surface area contributed by atoms with E-state index in [4.69, 9.17) is 5.11 Å². The van der Waals surface area contributed by atoms with Crippen LogP contribution in [0.5, 0.6) is 0 Å². The van der Waals surface area contributed by atoms with E-state index in [-0.39, 0.29) is 6.20 Å². The number of aromatic nitrogens is 1. The molecule has 0 saturated carbocycles. The van der Waals surface area contributed by atoms with Gasteiger partial charge in [0, 0.05) is 18.0 Å². The molecule has 0 unspecified atom stereocenters. The van der Waals surface area contributed by atoms with Gasteiger partial charge in [-0.2, -0.15) is 22.0 Å². The Labute approximate surface area is 85.5 Å². The van der Waals surface area contributed by atoms with Gasteiger partial charge in [-0.25, -0.2) is 4.79 Å². The third-order valence-corrected chi connectivity index (χ3v) is 1.73. The molecule has 0 aliphatic heterocycles. The number of carboxylic acids is 1. The predicted octanol–water partition coefficient (Wildman–Crippen LogP) is 2.28. The van der Waals surface area contributed by atoms with Gasteiger partial charge in [-0.05, 0) is 6.07 Å². The first-order valence-electron chi connectivity index (χ1n) is 3.80. The van der Waals surface area contributed by atoms with Crippen molar-refractivity contribution in [1.29, 1.82) is 0 Å². The predicted molar refractivity (Wildman–Crippen MR) is 40.8 cm³/mol. The fraction of sp³-hybridized carbons (Fsp3) is 0.250. The van der Waals surface area contributed by atoms with Crippen LogP contribution in [0.1, 0.15) is 11.1 Å². The number of alkyl halides is 5. The van der Waals surface area contributed by atoms with Crippen LogP contribution in [-0.4, -0.2) is 16.1 Å². The van der Waals surface area contributed by atoms with Gasteiger partial charge in [-0.1, -0.05) is 0 Å². The smallest absolute Gasteiger partial charge is 0.418 e. The van der Waals surface area contributed by atoms with E-state index >= 15 is 0 Å². The van der Waals surface area contributed by atoms with Crippen LogP contribution in [0.4, 0.5) is 22.0 Å². The summed E-state index contributed by atoms with van der Waals surface area (Å²) >= 11 is 0. The first kappa shape index (κ1) is 12.3. The van der Waals surface area contributed by atoms with E-state index in [0.29, 0.717) is 12.3 Å². The third-order valence-electron chi connectivity index (χ3n) is 1.73. The standard InChI is InChI=1S/C8H4F5NO2/c9-7(10,6(15)16)4-1-2-14-3-5(4)8(11,12)13/h1-3H,(H,15,16). The lowest BCUT2D eigenvalue weighted by Gasteiger charge is -2.16. The topological polar surface area (TPSA) is 50.2 Å². The van der Waals surface area contributed by atoms with Crippen LogP contribution in [0.2, 0.25) is 0 Å².